The third-order valence-corrected chi connectivity index (χ3v) is 2.95. The largest absolute Gasteiger partial charge is 0.467 e. The number of β-amino-alcohol motifs (C(OH)–C–C–N with tert-alkyl or cyclic N) is 1. The Morgan fingerprint density at radius 2 is 2.00 bits per heavy atom. The Morgan fingerprint density at radius 3 is 2.47 bits per heavy atom. The molecule has 0 aromatic rings. The van der Waals surface area contributed by atoms with Gasteiger partial charge in [0.05, 0.1) is 13.7 Å². The van der Waals surface area contributed by atoms with Crippen LogP contribution in [-0.2, 0) is 14.3 Å². The molecule has 1 heterocycles. The molecule has 110 valence electrons. The van der Waals surface area contributed by atoms with Crippen LogP contribution in [0.4, 0.5) is 4.79 Å². The molecule has 1 amide bonds. The first kappa shape index (κ1) is 15.7. The third kappa shape index (κ3) is 3.57. The average molecular weight is 274 g/mol. The minimum atomic E-state index is -1.89. The molecular weight excluding hydrogens is 252 g/mol. The molecule has 1 aliphatic heterocycles. The fourth-order valence-corrected chi connectivity index (χ4v) is 1.90. The normalized spacial score (nSPS) is 27.9. The monoisotopic (exact) mass is 274 g/mol. The van der Waals surface area contributed by atoms with E-state index in [1.54, 1.807) is 20.8 Å². The molecule has 0 radical (unpaired) electrons. The van der Waals surface area contributed by atoms with E-state index in [1.165, 1.54) is 12.0 Å². The van der Waals surface area contributed by atoms with Gasteiger partial charge < -0.3 is 25.2 Å². The van der Waals surface area contributed by atoms with Crippen molar-refractivity contribution in [2.24, 2.45) is 5.73 Å². The van der Waals surface area contributed by atoms with Crippen LogP contribution in [0.5, 0.6) is 0 Å². The summed E-state index contributed by atoms with van der Waals surface area (Å²) in [6.45, 7) is 5.33. The van der Waals surface area contributed by atoms with Gasteiger partial charge in [-0.1, -0.05) is 0 Å². The Hall–Kier alpha value is -1.34. The summed E-state index contributed by atoms with van der Waals surface area (Å²) >= 11 is 0. The first-order chi connectivity index (χ1) is 8.60. The topological polar surface area (TPSA) is 102 Å². The quantitative estimate of drug-likeness (QED) is 0.645. The smallest absolute Gasteiger partial charge is 0.410 e. The Balaban J connectivity index is 2.80. The third-order valence-electron chi connectivity index (χ3n) is 2.95. The van der Waals surface area contributed by atoms with E-state index in [1.807, 2.05) is 0 Å². The first-order valence-electron chi connectivity index (χ1n) is 6.14. The van der Waals surface area contributed by atoms with Gasteiger partial charge in [-0.2, -0.15) is 0 Å². The van der Waals surface area contributed by atoms with E-state index in [0.29, 0.717) is 13.0 Å². The van der Waals surface area contributed by atoms with Gasteiger partial charge in [0.1, 0.15) is 5.60 Å². The number of amides is 1. The second kappa shape index (κ2) is 5.34. The molecule has 19 heavy (non-hydrogen) atoms. The van der Waals surface area contributed by atoms with Crippen LogP contribution in [0.25, 0.3) is 0 Å². The SMILES string of the molecule is COC(=O)C1(O)CN(C(=O)OC(C)(C)C)CCC1N. The second-order valence-electron chi connectivity index (χ2n) is 5.71. The van der Waals surface area contributed by atoms with Crippen molar-refractivity contribution in [1.82, 2.24) is 4.90 Å². The van der Waals surface area contributed by atoms with Gasteiger partial charge in [-0.05, 0) is 27.2 Å². The summed E-state index contributed by atoms with van der Waals surface area (Å²) in [7, 11) is 1.17. The maximum Gasteiger partial charge on any atom is 0.410 e. The molecule has 2 atom stereocenters. The zero-order chi connectivity index (χ0) is 14.8. The number of esters is 1. The zero-order valence-electron chi connectivity index (χ0n) is 11.8. The van der Waals surface area contributed by atoms with Crippen molar-refractivity contribution in [3.05, 3.63) is 0 Å². The van der Waals surface area contributed by atoms with Crippen LogP contribution < -0.4 is 5.73 Å². The van der Waals surface area contributed by atoms with Crippen LogP contribution in [0.2, 0.25) is 0 Å². The van der Waals surface area contributed by atoms with E-state index in [2.05, 4.69) is 4.74 Å². The number of carbonyl (C=O) groups is 2. The summed E-state index contributed by atoms with van der Waals surface area (Å²) in [5.74, 6) is -0.840. The number of nitrogens with zero attached hydrogens (tertiary/aromatic N) is 1. The Labute approximate surface area is 112 Å². The minimum Gasteiger partial charge on any atom is -0.467 e. The lowest BCUT2D eigenvalue weighted by molar-refractivity contribution is -0.169. The van der Waals surface area contributed by atoms with Gasteiger partial charge in [0.25, 0.3) is 0 Å². The molecule has 0 aromatic heterocycles. The van der Waals surface area contributed by atoms with Crippen molar-refractivity contribution in [3.8, 4) is 0 Å². The summed E-state index contributed by atoms with van der Waals surface area (Å²) in [6.07, 6.45) is -0.285. The Bertz CT molecular complexity index is 366. The summed E-state index contributed by atoms with van der Waals surface area (Å²) in [4.78, 5) is 24.8. The number of ether oxygens (including phenoxy) is 2. The summed E-state index contributed by atoms with van der Waals surface area (Å²) in [6, 6.07) is -0.765. The fraction of sp³-hybridized carbons (Fsp3) is 0.833. The van der Waals surface area contributed by atoms with Crippen LogP contribution >= 0.6 is 0 Å². The fourth-order valence-electron chi connectivity index (χ4n) is 1.90. The number of hydrogen-bond donors (Lipinski definition) is 2. The van der Waals surface area contributed by atoms with Gasteiger partial charge in [0.2, 0.25) is 0 Å². The molecular formula is C12H22N2O5. The van der Waals surface area contributed by atoms with Gasteiger partial charge >= 0.3 is 12.1 Å². The van der Waals surface area contributed by atoms with Gasteiger partial charge in [0.15, 0.2) is 5.60 Å². The predicted octanol–water partition coefficient (Wildman–Crippen LogP) is -0.141. The lowest BCUT2D eigenvalue weighted by Crippen LogP contribution is -2.65. The molecule has 1 saturated heterocycles. The highest BCUT2D eigenvalue weighted by molar-refractivity contribution is 5.82. The van der Waals surface area contributed by atoms with E-state index >= 15 is 0 Å². The highest BCUT2D eigenvalue weighted by Gasteiger charge is 2.49. The molecule has 1 fully saturated rings. The number of nitrogens with two attached hydrogens (primary N) is 1. The Kier molecular flexibility index (Phi) is 4.42. The van der Waals surface area contributed by atoms with Gasteiger partial charge in [-0.3, -0.25) is 0 Å². The maximum atomic E-state index is 11.9. The maximum absolute atomic E-state index is 11.9. The second-order valence-corrected chi connectivity index (χ2v) is 5.71. The van der Waals surface area contributed by atoms with Crippen molar-refractivity contribution < 1.29 is 24.2 Å². The average Bonchev–Trinajstić information content (AvgIpc) is 2.29. The highest BCUT2D eigenvalue weighted by atomic mass is 16.6. The van der Waals surface area contributed by atoms with Crippen LogP contribution in [0.3, 0.4) is 0 Å². The van der Waals surface area contributed by atoms with Crippen LogP contribution in [0, 0.1) is 0 Å². The van der Waals surface area contributed by atoms with Crippen LogP contribution in [-0.4, -0.2) is 59.5 Å². The van der Waals surface area contributed by atoms with E-state index < -0.39 is 29.3 Å². The van der Waals surface area contributed by atoms with Crippen molar-refractivity contribution >= 4 is 12.1 Å². The van der Waals surface area contributed by atoms with Crippen molar-refractivity contribution in [2.75, 3.05) is 20.2 Å². The molecule has 0 aliphatic carbocycles. The first-order valence-corrected chi connectivity index (χ1v) is 6.14. The van der Waals surface area contributed by atoms with Crippen molar-refractivity contribution in [2.45, 2.75) is 44.4 Å². The van der Waals surface area contributed by atoms with E-state index in [9.17, 15) is 14.7 Å². The number of rotatable bonds is 1. The number of piperidine rings is 1. The van der Waals surface area contributed by atoms with Crippen molar-refractivity contribution in [1.29, 1.82) is 0 Å². The summed E-state index contributed by atoms with van der Waals surface area (Å²) < 4.78 is 9.75. The molecule has 0 spiro atoms. The summed E-state index contributed by atoms with van der Waals surface area (Å²) in [5.41, 5.74) is 3.23. The number of aliphatic hydroxyl groups is 1. The van der Waals surface area contributed by atoms with Crippen LogP contribution in [0.15, 0.2) is 0 Å². The molecule has 7 heteroatoms. The molecule has 1 aliphatic rings. The van der Waals surface area contributed by atoms with E-state index in [0.717, 1.165) is 0 Å². The number of hydrogen-bond acceptors (Lipinski definition) is 6. The summed E-state index contributed by atoms with van der Waals surface area (Å²) in [5, 5.41) is 10.3. The highest BCUT2D eigenvalue weighted by Crippen LogP contribution is 2.23. The zero-order valence-corrected chi connectivity index (χ0v) is 11.8. The van der Waals surface area contributed by atoms with Crippen LogP contribution in [0.1, 0.15) is 27.2 Å². The lowest BCUT2D eigenvalue weighted by atomic mass is 9.88. The number of likely N-dealkylation sites (tertiary alicyclic amines) is 1. The minimum absolute atomic E-state index is 0.226. The molecule has 2 unspecified atom stereocenters. The standard InChI is InChI=1S/C12H22N2O5/c1-11(2,3)19-10(16)14-6-5-8(13)12(17,7-14)9(15)18-4/h8,17H,5-7,13H2,1-4H3. The molecule has 7 nitrogen and oxygen atoms in total. The van der Waals surface area contributed by atoms with E-state index in [-0.39, 0.29) is 6.54 Å². The molecule has 0 aromatic carbocycles. The van der Waals surface area contributed by atoms with Gasteiger partial charge in [-0.15, -0.1) is 0 Å². The Morgan fingerprint density at radius 1 is 1.42 bits per heavy atom. The molecule has 0 bridgehead atoms. The molecule has 1 rings (SSSR count). The predicted molar refractivity (Wildman–Crippen MR) is 67.4 cm³/mol. The van der Waals surface area contributed by atoms with Gasteiger partial charge in [-0.25, -0.2) is 9.59 Å². The van der Waals surface area contributed by atoms with E-state index in [4.69, 9.17) is 10.5 Å². The molecule has 3 N–H and O–H groups in total. The number of carbonyl (C=O) groups excluding carboxylic acids is 2. The van der Waals surface area contributed by atoms with Crippen molar-refractivity contribution in [3.63, 3.8) is 0 Å². The molecule has 0 saturated carbocycles. The lowest BCUT2D eigenvalue weighted by Gasteiger charge is -2.41. The van der Waals surface area contributed by atoms with Gasteiger partial charge in [0, 0.05) is 12.6 Å². The number of methoxy groups -OCH3 is 1.